The largest absolute Gasteiger partial charge is 0.455 e. The first kappa shape index (κ1) is 43.9. The zero-order chi connectivity index (χ0) is 43.8. The van der Waals surface area contributed by atoms with E-state index in [-0.39, 0.29) is 21.4 Å². The smallest absolute Gasteiger partial charge is 0.293 e. The average molecular weight is 872 g/mol. The van der Waals surface area contributed by atoms with E-state index in [1.54, 1.807) is 24.4 Å². The van der Waals surface area contributed by atoms with Crippen molar-refractivity contribution in [1.82, 2.24) is 19.6 Å². The second-order valence-electron chi connectivity index (χ2n) is 18.9. The number of aromatic nitrogens is 2. The number of nitro groups is 1. The van der Waals surface area contributed by atoms with Gasteiger partial charge in [-0.15, -0.1) is 0 Å². The van der Waals surface area contributed by atoms with Crippen LogP contribution in [0.25, 0.3) is 11.0 Å². The lowest BCUT2D eigenvalue weighted by Crippen LogP contribution is -2.47. The SMILES string of the molecule is CC1CCC(CNc2ccc(SNC(=O)c3ccc(N4CCN(CC5=C(C67CC6(C(F)F)C7)CC(C)(C)CC5)CC4)cc3Oc3cnc4[nH]ccc4c3)cc2[N+](=O)[O-])CC1.CO. The van der Waals surface area contributed by atoms with Crippen LogP contribution in [0.3, 0.4) is 0 Å². The normalized spacial score (nSPS) is 25.5. The summed E-state index contributed by atoms with van der Waals surface area (Å²) in [5.41, 5.74) is 4.30. The van der Waals surface area contributed by atoms with Crippen molar-refractivity contribution in [3.8, 4) is 11.5 Å². The van der Waals surface area contributed by atoms with Crippen LogP contribution in [0, 0.1) is 38.2 Å². The fourth-order valence-corrected chi connectivity index (χ4v) is 10.8. The topological polar surface area (TPSA) is 149 Å². The number of nitro benzene ring substituents is 1. The summed E-state index contributed by atoms with van der Waals surface area (Å²) < 4.78 is 37.4. The van der Waals surface area contributed by atoms with Gasteiger partial charge in [0.1, 0.15) is 22.8 Å². The Morgan fingerprint density at radius 2 is 1.82 bits per heavy atom. The number of rotatable bonds is 14. The van der Waals surface area contributed by atoms with Crippen molar-refractivity contribution in [2.24, 2.45) is 28.1 Å². The van der Waals surface area contributed by atoms with Gasteiger partial charge < -0.3 is 25.0 Å². The van der Waals surface area contributed by atoms with E-state index in [4.69, 9.17) is 9.84 Å². The minimum atomic E-state index is -2.23. The summed E-state index contributed by atoms with van der Waals surface area (Å²) in [4.78, 5) is 38.4. The van der Waals surface area contributed by atoms with Crippen molar-refractivity contribution in [2.75, 3.05) is 56.6 Å². The van der Waals surface area contributed by atoms with E-state index >= 15 is 0 Å². The Morgan fingerprint density at radius 3 is 2.53 bits per heavy atom. The molecule has 9 rings (SSSR count). The summed E-state index contributed by atoms with van der Waals surface area (Å²) in [7, 11) is 1.00. The fraction of sp³-hybridized carbons (Fsp3) is 0.532. The average Bonchev–Trinajstić information content (AvgIpc) is 4.06. The van der Waals surface area contributed by atoms with Crippen LogP contribution in [0.2, 0.25) is 0 Å². The van der Waals surface area contributed by atoms with Gasteiger partial charge in [-0.3, -0.25) is 24.5 Å². The first-order chi connectivity index (χ1) is 29.8. The summed E-state index contributed by atoms with van der Waals surface area (Å²) >= 11 is 1.02. The Labute approximate surface area is 366 Å². The summed E-state index contributed by atoms with van der Waals surface area (Å²) in [6, 6.07) is 14.3. The highest BCUT2D eigenvalue weighted by Crippen LogP contribution is 2.92. The second-order valence-corrected chi connectivity index (χ2v) is 19.8. The highest BCUT2D eigenvalue weighted by atomic mass is 32.2. The van der Waals surface area contributed by atoms with Crippen LogP contribution < -0.4 is 19.7 Å². The van der Waals surface area contributed by atoms with Crippen molar-refractivity contribution in [3.63, 3.8) is 0 Å². The molecular weight excluding hydrogens is 813 g/mol. The molecule has 2 aromatic carbocycles. The molecule has 4 N–H and O–H groups in total. The quantitative estimate of drug-likeness (QED) is 0.0418. The van der Waals surface area contributed by atoms with Crippen molar-refractivity contribution in [2.45, 2.75) is 89.9 Å². The van der Waals surface area contributed by atoms with Crippen molar-refractivity contribution in [1.29, 1.82) is 0 Å². The van der Waals surface area contributed by atoms with Gasteiger partial charge in [0.15, 0.2) is 0 Å². The zero-order valence-electron chi connectivity index (χ0n) is 36.1. The molecule has 4 fully saturated rings. The lowest BCUT2D eigenvalue weighted by molar-refractivity contribution is -0.384. The molecule has 0 bridgehead atoms. The van der Waals surface area contributed by atoms with E-state index in [1.165, 1.54) is 30.1 Å². The molecule has 1 saturated heterocycles. The summed E-state index contributed by atoms with van der Waals surface area (Å²) in [5.74, 6) is 1.67. The fourth-order valence-electron chi connectivity index (χ4n) is 10.2. The third kappa shape index (κ3) is 9.03. The van der Waals surface area contributed by atoms with Gasteiger partial charge in [-0.2, -0.15) is 0 Å². The number of ether oxygens (including phenoxy) is 1. The number of piperazine rings is 1. The first-order valence-electron chi connectivity index (χ1n) is 22.0. The number of aliphatic hydroxyl groups excluding tert-OH is 1. The third-order valence-corrected chi connectivity index (χ3v) is 15.0. The van der Waals surface area contributed by atoms with Gasteiger partial charge in [-0.1, -0.05) is 44.8 Å². The van der Waals surface area contributed by atoms with Gasteiger partial charge in [-0.05, 0) is 111 Å². The lowest BCUT2D eigenvalue weighted by Gasteiger charge is -2.40. The maximum absolute atomic E-state index is 14.0. The van der Waals surface area contributed by atoms with Crippen LogP contribution in [0.15, 0.2) is 77.0 Å². The third-order valence-electron chi connectivity index (χ3n) is 14.2. The number of allylic oxidation sites excluding steroid dienone is 1. The number of anilines is 2. The maximum Gasteiger partial charge on any atom is 0.293 e. The molecular formula is C47H59F2N7O5S. The number of hydrogen-bond acceptors (Lipinski definition) is 10. The van der Waals surface area contributed by atoms with Gasteiger partial charge in [0, 0.05) is 91.5 Å². The molecule has 3 saturated carbocycles. The number of halogens is 2. The lowest BCUT2D eigenvalue weighted by atomic mass is 9.71. The number of fused-ring (bicyclic) bond motifs is 2. The predicted octanol–water partition coefficient (Wildman–Crippen LogP) is 10.2. The molecule has 1 aliphatic heterocycles. The molecule has 0 spiro atoms. The van der Waals surface area contributed by atoms with Crippen LogP contribution in [0.5, 0.6) is 11.5 Å². The first-order valence-corrected chi connectivity index (χ1v) is 22.8. The molecule has 5 aliphatic rings. The number of hydrogen-bond donors (Lipinski definition) is 4. The number of carbonyl (C=O) groups is 1. The minimum Gasteiger partial charge on any atom is -0.455 e. The molecule has 0 atom stereocenters. The van der Waals surface area contributed by atoms with Crippen molar-refractivity contribution < 1.29 is 28.3 Å². The number of carbonyl (C=O) groups excluding carboxylic acids is 1. The molecule has 3 heterocycles. The summed E-state index contributed by atoms with van der Waals surface area (Å²) in [6.45, 7) is 11.6. The summed E-state index contributed by atoms with van der Waals surface area (Å²) in [6.07, 6.45) is 10.1. The van der Waals surface area contributed by atoms with Gasteiger partial charge in [-0.25, -0.2) is 13.8 Å². The molecule has 4 aliphatic carbocycles. The predicted molar refractivity (Wildman–Crippen MR) is 240 cm³/mol. The van der Waals surface area contributed by atoms with E-state index in [9.17, 15) is 23.7 Å². The molecule has 1 amide bonds. The molecule has 4 aromatic rings. The monoisotopic (exact) mass is 871 g/mol. The Hall–Kier alpha value is -4.73. The zero-order valence-corrected chi connectivity index (χ0v) is 37.0. The Balaban J connectivity index is 0.00000261. The van der Waals surface area contributed by atoms with Crippen LogP contribution >= 0.6 is 11.9 Å². The van der Waals surface area contributed by atoms with E-state index in [2.05, 4.69) is 50.6 Å². The molecule has 0 radical (unpaired) electrons. The van der Waals surface area contributed by atoms with Gasteiger partial charge >= 0.3 is 0 Å². The van der Waals surface area contributed by atoms with E-state index in [0.717, 1.165) is 107 Å². The molecule has 12 nitrogen and oxygen atoms in total. The Kier molecular flexibility index (Phi) is 12.6. The van der Waals surface area contributed by atoms with E-state index in [1.807, 2.05) is 30.5 Å². The maximum atomic E-state index is 14.0. The number of aliphatic hydroxyl groups is 1. The molecule has 0 unspecified atom stereocenters. The summed E-state index contributed by atoms with van der Waals surface area (Å²) in [5, 5.41) is 23.3. The number of H-pyrrole nitrogens is 1. The molecule has 2 aromatic heterocycles. The van der Waals surface area contributed by atoms with Gasteiger partial charge in [0.25, 0.3) is 11.6 Å². The van der Waals surface area contributed by atoms with E-state index < -0.39 is 17.7 Å². The highest BCUT2D eigenvalue weighted by Gasteiger charge is 2.88. The number of pyridine rings is 1. The highest BCUT2D eigenvalue weighted by molar-refractivity contribution is 7.98. The molecule has 332 valence electrons. The second kappa shape index (κ2) is 17.8. The minimum absolute atomic E-state index is 0.0290. The van der Waals surface area contributed by atoms with Crippen LogP contribution in [0.1, 0.15) is 88.9 Å². The molecule has 62 heavy (non-hydrogen) atoms. The van der Waals surface area contributed by atoms with Crippen molar-refractivity contribution in [3.05, 3.63) is 87.7 Å². The van der Waals surface area contributed by atoms with Crippen LogP contribution in [-0.2, 0) is 0 Å². The van der Waals surface area contributed by atoms with Gasteiger partial charge in [0.05, 0.1) is 16.7 Å². The van der Waals surface area contributed by atoms with Crippen LogP contribution in [-0.4, -0.2) is 83.6 Å². The number of benzene rings is 2. The van der Waals surface area contributed by atoms with Crippen LogP contribution in [0.4, 0.5) is 25.8 Å². The van der Waals surface area contributed by atoms with E-state index in [0.29, 0.717) is 52.9 Å². The number of aromatic amines is 1. The number of amides is 1. The molecule has 15 heteroatoms. The number of nitrogens with zero attached hydrogens (tertiary/aromatic N) is 4. The Morgan fingerprint density at radius 1 is 1.06 bits per heavy atom. The number of nitrogens with one attached hydrogen (secondary N) is 3. The van der Waals surface area contributed by atoms with Gasteiger partial charge in [0.2, 0.25) is 6.43 Å². The standard InChI is InChI=1S/C46H55F2N7O4S.CH4O/c1-29-4-6-30(7-5-29)24-50-38-11-9-35(22-39(38)55(57)58)60-52-42(56)36-10-8-33(21-40(36)59-34-20-31-13-15-49-41(31)51-25-34)54-18-16-53(17-19-54)26-32-12-14-44(2,3)23-37(32)45-27-46(45,28-45)43(47)48;1-2/h8-11,13,15,20-22,25,29-30,43,50H,4-7,12,14,16-19,23-24,26-28H2,1-3H3,(H,49,51)(H,52,56);2H,1H3. The Bertz CT molecular complexity index is 2310. The van der Waals surface area contributed by atoms with Crippen molar-refractivity contribution >= 4 is 46.0 Å². The number of alkyl halides is 2.